The van der Waals surface area contributed by atoms with Crippen LogP contribution in [0.1, 0.15) is 31.3 Å². The fourth-order valence-corrected chi connectivity index (χ4v) is 3.97. The number of carbonyl (C=O) groups is 1. The van der Waals surface area contributed by atoms with Crippen LogP contribution in [0, 0.1) is 13.8 Å². The van der Waals surface area contributed by atoms with Gasteiger partial charge in [0.1, 0.15) is 17.6 Å². The minimum atomic E-state index is -0.242. The average Bonchev–Trinajstić information content (AvgIpc) is 3.38. The van der Waals surface area contributed by atoms with Gasteiger partial charge in [0.25, 0.3) is 0 Å². The number of imidazole rings is 1. The maximum absolute atomic E-state index is 12.9. The zero-order valence-electron chi connectivity index (χ0n) is 17.8. The van der Waals surface area contributed by atoms with Crippen molar-refractivity contribution in [2.45, 2.75) is 46.2 Å². The topological polar surface area (TPSA) is 85.2 Å². The number of carbonyl (C=O) groups excluding carboxylic acids is 1. The summed E-state index contributed by atoms with van der Waals surface area (Å²) in [6.45, 7) is 8.57. The first-order chi connectivity index (χ1) is 14.6. The number of aryl methyl sites for hydroxylation is 2. The Morgan fingerprint density at radius 3 is 2.93 bits per heavy atom. The van der Waals surface area contributed by atoms with Crippen LogP contribution in [0.15, 0.2) is 30.6 Å². The van der Waals surface area contributed by atoms with E-state index < -0.39 is 0 Å². The first-order valence-corrected chi connectivity index (χ1v) is 10.5. The van der Waals surface area contributed by atoms with Crippen molar-refractivity contribution in [3.63, 3.8) is 0 Å². The van der Waals surface area contributed by atoms with E-state index in [1.807, 2.05) is 54.6 Å². The number of nitrogens with one attached hydrogen (secondary N) is 1. The number of rotatable bonds is 7. The molecule has 3 heterocycles. The monoisotopic (exact) mass is 408 g/mol. The van der Waals surface area contributed by atoms with Crippen molar-refractivity contribution in [3.05, 3.63) is 42.1 Å². The van der Waals surface area contributed by atoms with Gasteiger partial charge in [-0.25, -0.2) is 15.0 Å². The summed E-state index contributed by atoms with van der Waals surface area (Å²) < 4.78 is 7.62. The largest absolute Gasteiger partial charge is 0.494 e. The van der Waals surface area contributed by atoms with Gasteiger partial charge >= 0.3 is 0 Å². The van der Waals surface area contributed by atoms with Crippen molar-refractivity contribution in [1.29, 1.82) is 0 Å². The molecule has 1 aromatic carbocycles. The van der Waals surface area contributed by atoms with Crippen LogP contribution in [0.3, 0.4) is 0 Å². The molecule has 1 atom stereocenters. The molecule has 0 saturated carbocycles. The van der Waals surface area contributed by atoms with Crippen LogP contribution in [0.2, 0.25) is 0 Å². The molecule has 0 spiro atoms. The van der Waals surface area contributed by atoms with E-state index in [1.165, 1.54) is 0 Å². The SMILES string of the molecule is CCOc1ccc2nc(N3CCC[C@@H]3C(=O)NCCn3ccnc3C)nc(C)c2c1. The molecule has 2 aromatic heterocycles. The molecule has 0 bridgehead atoms. The molecule has 0 radical (unpaired) electrons. The Labute approximate surface area is 176 Å². The van der Waals surface area contributed by atoms with Gasteiger partial charge in [0.2, 0.25) is 11.9 Å². The first kappa shape index (κ1) is 20.1. The van der Waals surface area contributed by atoms with Gasteiger partial charge in [-0.1, -0.05) is 0 Å². The van der Waals surface area contributed by atoms with E-state index in [4.69, 9.17) is 14.7 Å². The molecule has 1 fully saturated rings. The van der Waals surface area contributed by atoms with Crippen LogP contribution in [0.25, 0.3) is 10.9 Å². The third-order valence-electron chi connectivity index (χ3n) is 5.54. The van der Waals surface area contributed by atoms with Gasteiger partial charge in [-0.05, 0) is 51.8 Å². The molecular formula is C22H28N6O2. The summed E-state index contributed by atoms with van der Waals surface area (Å²) in [5.41, 5.74) is 1.75. The van der Waals surface area contributed by atoms with E-state index in [9.17, 15) is 4.79 Å². The predicted octanol–water partition coefficient (Wildman–Crippen LogP) is 2.63. The van der Waals surface area contributed by atoms with Crippen LogP contribution in [0.4, 0.5) is 5.95 Å². The van der Waals surface area contributed by atoms with Crippen LogP contribution < -0.4 is 15.0 Å². The highest BCUT2D eigenvalue weighted by molar-refractivity contribution is 5.87. The van der Waals surface area contributed by atoms with Gasteiger partial charge in [-0.15, -0.1) is 0 Å². The third-order valence-corrected chi connectivity index (χ3v) is 5.54. The Hall–Kier alpha value is -3.16. The second-order valence-corrected chi connectivity index (χ2v) is 7.53. The standard InChI is InChI=1S/C22H28N6O2/c1-4-30-17-7-8-19-18(14-17)15(2)25-22(26-19)28-11-5-6-20(28)21(29)24-10-13-27-12-9-23-16(27)3/h7-9,12,14,20H,4-6,10-11,13H2,1-3H3,(H,24,29)/t20-/m1/s1. The van der Waals surface area contributed by atoms with Crippen LogP contribution in [-0.2, 0) is 11.3 Å². The van der Waals surface area contributed by atoms with Gasteiger partial charge in [-0.3, -0.25) is 4.79 Å². The van der Waals surface area contributed by atoms with Crippen molar-refractivity contribution in [2.75, 3.05) is 24.6 Å². The molecule has 1 saturated heterocycles. The van der Waals surface area contributed by atoms with Gasteiger partial charge in [-0.2, -0.15) is 0 Å². The summed E-state index contributed by atoms with van der Waals surface area (Å²) in [6.07, 6.45) is 5.45. The van der Waals surface area contributed by atoms with Crippen LogP contribution in [0.5, 0.6) is 5.75 Å². The Morgan fingerprint density at radius 2 is 2.17 bits per heavy atom. The lowest BCUT2D eigenvalue weighted by Gasteiger charge is -2.24. The third kappa shape index (κ3) is 4.08. The fraction of sp³-hybridized carbons (Fsp3) is 0.455. The number of fused-ring (bicyclic) bond motifs is 1. The normalized spacial score (nSPS) is 16.2. The molecule has 8 nitrogen and oxygen atoms in total. The van der Waals surface area contributed by atoms with Gasteiger partial charge < -0.3 is 19.5 Å². The summed E-state index contributed by atoms with van der Waals surface area (Å²) in [5, 5.41) is 4.03. The van der Waals surface area contributed by atoms with E-state index in [0.29, 0.717) is 25.6 Å². The Balaban J connectivity index is 1.48. The van der Waals surface area contributed by atoms with E-state index in [0.717, 1.165) is 47.6 Å². The number of benzene rings is 1. The molecule has 30 heavy (non-hydrogen) atoms. The fourth-order valence-electron chi connectivity index (χ4n) is 3.97. The lowest BCUT2D eigenvalue weighted by Crippen LogP contribution is -2.44. The second-order valence-electron chi connectivity index (χ2n) is 7.53. The summed E-state index contributed by atoms with van der Waals surface area (Å²) in [6, 6.07) is 5.61. The maximum atomic E-state index is 12.9. The Bertz CT molecular complexity index is 1050. The predicted molar refractivity (Wildman–Crippen MR) is 116 cm³/mol. The molecule has 8 heteroatoms. The minimum Gasteiger partial charge on any atom is -0.494 e. The number of aromatic nitrogens is 4. The molecule has 0 aliphatic carbocycles. The van der Waals surface area contributed by atoms with Gasteiger partial charge in [0, 0.05) is 37.4 Å². The lowest BCUT2D eigenvalue weighted by atomic mass is 10.2. The van der Waals surface area contributed by atoms with Crippen molar-refractivity contribution >= 4 is 22.8 Å². The number of amides is 1. The highest BCUT2D eigenvalue weighted by Crippen LogP contribution is 2.27. The van der Waals surface area contributed by atoms with Crippen molar-refractivity contribution < 1.29 is 9.53 Å². The number of hydrogen-bond donors (Lipinski definition) is 1. The summed E-state index contributed by atoms with van der Waals surface area (Å²) in [7, 11) is 0. The van der Waals surface area contributed by atoms with E-state index in [-0.39, 0.29) is 11.9 Å². The van der Waals surface area contributed by atoms with Gasteiger partial charge in [0.05, 0.1) is 17.8 Å². The quantitative estimate of drug-likeness (QED) is 0.647. The molecule has 3 aromatic rings. The van der Waals surface area contributed by atoms with Gasteiger partial charge in [0.15, 0.2) is 0 Å². The van der Waals surface area contributed by atoms with E-state index >= 15 is 0 Å². The Kier molecular flexibility index (Phi) is 5.83. The van der Waals surface area contributed by atoms with Crippen LogP contribution >= 0.6 is 0 Å². The molecular weight excluding hydrogens is 380 g/mol. The molecule has 0 unspecified atom stereocenters. The summed E-state index contributed by atoms with van der Waals surface area (Å²) in [4.78, 5) is 28.6. The minimum absolute atomic E-state index is 0.0262. The van der Waals surface area contributed by atoms with Crippen molar-refractivity contribution in [2.24, 2.45) is 0 Å². The Morgan fingerprint density at radius 1 is 1.30 bits per heavy atom. The molecule has 1 aliphatic rings. The second kappa shape index (κ2) is 8.69. The highest BCUT2D eigenvalue weighted by atomic mass is 16.5. The smallest absolute Gasteiger partial charge is 0.242 e. The average molecular weight is 409 g/mol. The summed E-state index contributed by atoms with van der Waals surface area (Å²) in [5.74, 6) is 2.40. The van der Waals surface area contributed by atoms with E-state index in [1.54, 1.807) is 6.20 Å². The lowest BCUT2D eigenvalue weighted by molar-refractivity contribution is -0.122. The van der Waals surface area contributed by atoms with Crippen molar-refractivity contribution in [1.82, 2.24) is 24.8 Å². The number of nitrogens with zero attached hydrogens (tertiary/aromatic N) is 5. The molecule has 4 rings (SSSR count). The number of anilines is 1. The number of hydrogen-bond acceptors (Lipinski definition) is 6. The van der Waals surface area contributed by atoms with Crippen molar-refractivity contribution in [3.8, 4) is 5.75 Å². The molecule has 1 aliphatic heterocycles. The summed E-state index contributed by atoms with van der Waals surface area (Å²) >= 11 is 0. The zero-order valence-corrected chi connectivity index (χ0v) is 17.8. The van der Waals surface area contributed by atoms with E-state index in [2.05, 4.69) is 10.3 Å². The molecule has 1 amide bonds. The number of ether oxygens (including phenoxy) is 1. The maximum Gasteiger partial charge on any atom is 0.242 e. The molecule has 158 valence electrons. The first-order valence-electron chi connectivity index (χ1n) is 10.5. The molecule has 1 N–H and O–H groups in total. The van der Waals surface area contributed by atoms with Crippen LogP contribution in [-0.4, -0.2) is 51.2 Å². The highest BCUT2D eigenvalue weighted by Gasteiger charge is 2.32. The zero-order chi connectivity index (χ0) is 21.1.